The van der Waals surface area contributed by atoms with Crippen LogP contribution in [0.4, 0.5) is 5.69 Å². The Balaban J connectivity index is 1.57. The SMILES string of the molecule is Cc1c(Cl)cccc1NC(=O)COC(=O)[C@H](C)N1C(=O)[C@H]2CCCC[C@@H]2C1=O. The number of hydrogen-bond donors (Lipinski definition) is 1. The minimum atomic E-state index is -1.05. The molecule has 3 atom stereocenters. The smallest absolute Gasteiger partial charge is 0.329 e. The number of esters is 1. The number of nitrogens with one attached hydrogen (secondary N) is 1. The number of fused-ring (bicyclic) bond motifs is 1. The summed E-state index contributed by atoms with van der Waals surface area (Å²) in [4.78, 5) is 50.5. The van der Waals surface area contributed by atoms with Crippen LogP contribution in [0.25, 0.3) is 0 Å². The first-order chi connectivity index (χ1) is 13.3. The van der Waals surface area contributed by atoms with Crippen molar-refractivity contribution in [2.75, 3.05) is 11.9 Å². The number of rotatable bonds is 5. The summed E-state index contributed by atoms with van der Waals surface area (Å²) in [5.41, 5.74) is 1.23. The highest BCUT2D eigenvalue weighted by molar-refractivity contribution is 6.31. The van der Waals surface area contributed by atoms with Gasteiger partial charge in [-0.15, -0.1) is 0 Å². The Morgan fingerprint density at radius 2 is 1.82 bits per heavy atom. The predicted octanol–water partition coefficient (Wildman–Crippen LogP) is 2.69. The van der Waals surface area contributed by atoms with Gasteiger partial charge in [0.15, 0.2) is 6.61 Å². The van der Waals surface area contributed by atoms with Crippen molar-refractivity contribution in [3.63, 3.8) is 0 Å². The van der Waals surface area contributed by atoms with Crippen LogP contribution in [0.5, 0.6) is 0 Å². The topological polar surface area (TPSA) is 92.8 Å². The van der Waals surface area contributed by atoms with Crippen molar-refractivity contribution in [1.82, 2.24) is 4.90 Å². The van der Waals surface area contributed by atoms with Crippen molar-refractivity contribution in [3.05, 3.63) is 28.8 Å². The van der Waals surface area contributed by atoms with Crippen molar-refractivity contribution in [2.45, 2.75) is 45.6 Å². The normalized spacial score (nSPS) is 22.6. The first-order valence-electron chi connectivity index (χ1n) is 9.39. The fraction of sp³-hybridized carbons (Fsp3) is 0.500. The van der Waals surface area contributed by atoms with Crippen LogP contribution in [0, 0.1) is 18.8 Å². The Kier molecular flexibility index (Phi) is 6.03. The Bertz CT molecular complexity index is 801. The van der Waals surface area contributed by atoms with Gasteiger partial charge in [0.2, 0.25) is 11.8 Å². The third-order valence-electron chi connectivity index (χ3n) is 5.49. The molecule has 0 spiro atoms. The number of imide groups is 1. The quantitative estimate of drug-likeness (QED) is 0.599. The third kappa shape index (κ3) is 3.90. The van der Waals surface area contributed by atoms with E-state index in [0.29, 0.717) is 29.1 Å². The zero-order valence-electron chi connectivity index (χ0n) is 15.9. The largest absolute Gasteiger partial charge is 0.454 e. The van der Waals surface area contributed by atoms with E-state index in [0.717, 1.165) is 17.7 Å². The predicted molar refractivity (Wildman–Crippen MR) is 103 cm³/mol. The lowest BCUT2D eigenvalue weighted by molar-refractivity contribution is -0.159. The Morgan fingerprint density at radius 3 is 2.43 bits per heavy atom. The summed E-state index contributed by atoms with van der Waals surface area (Å²) in [6.07, 6.45) is 3.18. The molecule has 7 nitrogen and oxygen atoms in total. The Morgan fingerprint density at radius 1 is 1.21 bits per heavy atom. The summed E-state index contributed by atoms with van der Waals surface area (Å²) in [5.74, 6) is -2.58. The van der Waals surface area contributed by atoms with Crippen molar-refractivity contribution in [3.8, 4) is 0 Å². The van der Waals surface area contributed by atoms with Gasteiger partial charge in [-0.05, 0) is 44.4 Å². The monoisotopic (exact) mass is 406 g/mol. The maximum absolute atomic E-state index is 12.6. The summed E-state index contributed by atoms with van der Waals surface area (Å²) < 4.78 is 5.04. The van der Waals surface area contributed by atoms with Gasteiger partial charge in [-0.25, -0.2) is 4.79 Å². The molecule has 0 aromatic heterocycles. The van der Waals surface area contributed by atoms with Gasteiger partial charge in [0.25, 0.3) is 5.91 Å². The highest BCUT2D eigenvalue weighted by Crippen LogP contribution is 2.38. The maximum atomic E-state index is 12.6. The second-order valence-electron chi connectivity index (χ2n) is 7.29. The van der Waals surface area contributed by atoms with Gasteiger partial charge in [-0.2, -0.15) is 0 Å². The number of halogens is 1. The number of hydrogen-bond acceptors (Lipinski definition) is 5. The zero-order valence-corrected chi connectivity index (χ0v) is 16.6. The van der Waals surface area contributed by atoms with Gasteiger partial charge >= 0.3 is 5.97 Å². The van der Waals surface area contributed by atoms with Crippen molar-refractivity contribution < 1.29 is 23.9 Å². The van der Waals surface area contributed by atoms with E-state index in [2.05, 4.69) is 5.32 Å². The maximum Gasteiger partial charge on any atom is 0.329 e. The number of ether oxygens (including phenoxy) is 1. The van der Waals surface area contributed by atoms with Gasteiger partial charge in [-0.3, -0.25) is 19.3 Å². The number of nitrogens with zero attached hydrogens (tertiary/aromatic N) is 1. The van der Waals surface area contributed by atoms with Crippen LogP contribution in [0.15, 0.2) is 18.2 Å². The van der Waals surface area contributed by atoms with Gasteiger partial charge in [0.1, 0.15) is 6.04 Å². The van der Waals surface area contributed by atoms with E-state index in [1.807, 2.05) is 0 Å². The van der Waals surface area contributed by atoms with E-state index >= 15 is 0 Å². The van der Waals surface area contributed by atoms with Crippen molar-refractivity contribution in [2.24, 2.45) is 11.8 Å². The van der Waals surface area contributed by atoms with E-state index in [9.17, 15) is 19.2 Å². The average molecular weight is 407 g/mol. The number of carbonyl (C=O) groups is 4. The minimum absolute atomic E-state index is 0.307. The number of amides is 3. The summed E-state index contributed by atoms with van der Waals surface area (Å²) in [7, 11) is 0. The standard InChI is InChI=1S/C20H23ClN2O5/c1-11-15(21)8-5-9-16(11)22-17(24)10-28-20(27)12(2)23-18(25)13-6-3-4-7-14(13)19(23)26/h5,8-9,12-14H,3-4,6-7,10H2,1-2H3,(H,22,24)/t12-,13-,14-/m0/s1. The van der Waals surface area contributed by atoms with E-state index < -0.39 is 24.5 Å². The second kappa shape index (κ2) is 8.31. The van der Waals surface area contributed by atoms with Gasteiger partial charge in [-0.1, -0.05) is 30.5 Å². The average Bonchev–Trinajstić information content (AvgIpc) is 2.94. The third-order valence-corrected chi connectivity index (χ3v) is 5.90. The molecule has 8 heteroatoms. The highest BCUT2D eigenvalue weighted by atomic mass is 35.5. The molecule has 150 valence electrons. The molecule has 0 bridgehead atoms. The molecule has 1 aliphatic heterocycles. The van der Waals surface area contributed by atoms with E-state index in [1.165, 1.54) is 6.92 Å². The lowest BCUT2D eigenvalue weighted by Crippen LogP contribution is -2.45. The summed E-state index contributed by atoms with van der Waals surface area (Å²) in [6.45, 7) is 2.70. The zero-order chi connectivity index (χ0) is 20.4. The molecule has 1 aromatic carbocycles. The highest BCUT2D eigenvalue weighted by Gasteiger charge is 2.51. The van der Waals surface area contributed by atoms with Crippen LogP contribution in [-0.2, 0) is 23.9 Å². The first-order valence-corrected chi connectivity index (χ1v) is 9.77. The molecule has 1 aromatic rings. The summed E-state index contributed by atoms with van der Waals surface area (Å²) >= 11 is 6.01. The van der Waals surface area contributed by atoms with E-state index in [-0.39, 0.29) is 23.7 Å². The molecule has 2 fully saturated rings. The number of likely N-dealkylation sites (tertiary alicyclic amines) is 1. The lowest BCUT2D eigenvalue weighted by atomic mass is 9.81. The molecule has 2 aliphatic rings. The molecular weight excluding hydrogens is 384 g/mol. The van der Waals surface area contributed by atoms with Crippen LogP contribution in [0.2, 0.25) is 5.02 Å². The van der Waals surface area contributed by atoms with Crippen LogP contribution in [0.1, 0.15) is 38.2 Å². The molecule has 28 heavy (non-hydrogen) atoms. The summed E-state index contributed by atoms with van der Waals surface area (Å²) in [5, 5.41) is 3.14. The fourth-order valence-electron chi connectivity index (χ4n) is 3.86. The number of anilines is 1. The lowest BCUT2D eigenvalue weighted by Gasteiger charge is -2.21. The van der Waals surface area contributed by atoms with Gasteiger partial charge in [0.05, 0.1) is 11.8 Å². The Hall–Kier alpha value is -2.41. The molecule has 1 heterocycles. The van der Waals surface area contributed by atoms with Crippen molar-refractivity contribution in [1.29, 1.82) is 0 Å². The molecule has 3 rings (SSSR count). The Labute approximate surface area is 168 Å². The molecule has 0 unspecified atom stereocenters. The van der Waals surface area contributed by atoms with Gasteiger partial charge in [0, 0.05) is 10.7 Å². The number of benzene rings is 1. The molecule has 0 radical (unpaired) electrons. The minimum Gasteiger partial charge on any atom is -0.454 e. The van der Waals surface area contributed by atoms with E-state index in [4.69, 9.17) is 16.3 Å². The van der Waals surface area contributed by atoms with Crippen LogP contribution in [-0.4, -0.2) is 41.2 Å². The van der Waals surface area contributed by atoms with Crippen LogP contribution in [0.3, 0.4) is 0 Å². The second-order valence-corrected chi connectivity index (χ2v) is 7.70. The number of carbonyl (C=O) groups excluding carboxylic acids is 4. The molecule has 1 saturated carbocycles. The molecule has 1 N–H and O–H groups in total. The molecule has 1 saturated heterocycles. The summed E-state index contributed by atoms with van der Waals surface area (Å²) in [6, 6.07) is 4.04. The molecule has 3 amide bonds. The fourth-order valence-corrected chi connectivity index (χ4v) is 4.04. The van der Waals surface area contributed by atoms with Crippen LogP contribution < -0.4 is 5.32 Å². The van der Waals surface area contributed by atoms with Gasteiger partial charge < -0.3 is 10.1 Å². The molecular formula is C20H23ClN2O5. The van der Waals surface area contributed by atoms with Crippen LogP contribution >= 0.6 is 11.6 Å². The first kappa shape index (κ1) is 20.3. The molecule has 1 aliphatic carbocycles. The van der Waals surface area contributed by atoms with Crippen molar-refractivity contribution >= 4 is 41.0 Å². The van der Waals surface area contributed by atoms with E-state index in [1.54, 1.807) is 25.1 Å².